The van der Waals surface area contributed by atoms with Crippen molar-refractivity contribution >= 4 is 29.5 Å². The highest BCUT2D eigenvalue weighted by Gasteiger charge is 2.22. The van der Waals surface area contributed by atoms with Crippen LogP contribution in [0, 0.1) is 12.8 Å². The molecule has 1 N–H and O–H groups in total. The van der Waals surface area contributed by atoms with Crippen molar-refractivity contribution in [2.75, 3.05) is 34.8 Å². The lowest BCUT2D eigenvalue weighted by atomic mass is 9.99. The molecule has 7 nitrogen and oxygen atoms in total. The zero-order valence-corrected chi connectivity index (χ0v) is 19.8. The van der Waals surface area contributed by atoms with Gasteiger partial charge >= 0.3 is 0 Å². The van der Waals surface area contributed by atoms with E-state index in [1.165, 1.54) is 0 Å². The van der Waals surface area contributed by atoms with E-state index in [1.54, 1.807) is 11.1 Å². The Morgan fingerprint density at radius 2 is 1.88 bits per heavy atom. The number of carbonyl (C=O) groups excluding carboxylic acids is 2. The number of hydrogen-bond donors (Lipinski definition) is 1. The number of hydrogen-bond acceptors (Lipinski definition) is 5. The number of benzene rings is 1. The van der Waals surface area contributed by atoms with Crippen LogP contribution in [-0.4, -0.2) is 41.9 Å². The molecule has 176 valence electrons. The summed E-state index contributed by atoms with van der Waals surface area (Å²) in [5, 5.41) is 2.99. The van der Waals surface area contributed by atoms with Crippen molar-refractivity contribution in [1.82, 2.24) is 9.97 Å². The van der Waals surface area contributed by atoms with Crippen LogP contribution in [0.4, 0.5) is 17.2 Å². The van der Waals surface area contributed by atoms with Crippen LogP contribution in [0.3, 0.4) is 0 Å². The minimum absolute atomic E-state index is 0.184. The summed E-state index contributed by atoms with van der Waals surface area (Å²) in [4.78, 5) is 37.6. The summed E-state index contributed by atoms with van der Waals surface area (Å²) in [7, 11) is 0. The maximum atomic E-state index is 13.1. The third-order valence-electron chi connectivity index (χ3n) is 6.26. The molecule has 0 bridgehead atoms. The van der Waals surface area contributed by atoms with Gasteiger partial charge in [0.2, 0.25) is 6.41 Å². The van der Waals surface area contributed by atoms with Gasteiger partial charge in [-0.05, 0) is 74.2 Å². The Balaban J connectivity index is 1.43. The molecule has 1 aliphatic rings. The third kappa shape index (κ3) is 5.78. The van der Waals surface area contributed by atoms with Crippen LogP contribution in [0.25, 0.3) is 0 Å². The average Bonchev–Trinajstić information content (AvgIpc) is 2.86. The average molecular weight is 458 g/mol. The van der Waals surface area contributed by atoms with Crippen molar-refractivity contribution in [3.63, 3.8) is 0 Å². The highest BCUT2D eigenvalue weighted by molar-refractivity contribution is 6.07. The first kappa shape index (κ1) is 23.4. The fraction of sp³-hybridized carbons (Fsp3) is 0.333. The zero-order valence-electron chi connectivity index (χ0n) is 19.8. The summed E-state index contributed by atoms with van der Waals surface area (Å²) in [6, 6.07) is 16.8. The predicted molar refractivity (Wildman–Crippen MR) is 135 cm³/mol. The van der Waals surface area contributed by atoms with Crippen LogP contribution in [0.5, 0.6) is 0 Å². The Kier molecular flexibility index (Phi) is 7.52. The van der Waals surface area contributed by atoms with Gasteiger partial charge < -0.3 is 15.1 Å². The van der Waals surface area contributed by atoms with E-state index in [0.29, 0.717) is 30.1 Å². The summed E-state index contributed by atoms with van der Waals surface area (Å²) >= 11 is 0. The molecule has 0 radical (unpaired) electrons. The van der Waals surface area contributed by atoms with Crippen LogP contribution in [-0.2, 0) is 11.2 Å². The number of amides is 2. The Morgan fingerprint density at radius 3 is 2.56 bits per heavy atom. The zero-order chi connectivity index (χ0) is 23.9. The van der Waals surface area contributed by atoms with Gasteiger partial charge in [-0.1, -0.05) is 13.0 Å². The Labute approximate surface area is 200 Å². The van der Waals surface area contributed by atoms with Crippen molar-refractivity contribution in [3.8, 4) is 0 Å². The smallest absolute Gasteiger partial charge is 0.259 e. The van der Waals surface area contributed by atoms with Crippen molar-refractivity contribution < 1.29 is 9.59 Å². The van der Waals surface area contributed by atoms with Gasteiger partial charge in [0.05, 0.1) is 5.56 Å². The van der Waals surface area contributed by atoms with E-state index >= 15 is 0 Å². The fourth-order valence-electron chi connectivity index (χ4n) is 4.14. The highest BCUT2D eigenvalue weighted by atomic mass is 16.1. The molecule has 3 heterocycles. The summed E-state index contributed by atoms with van der Waals surface area (Å²) in [6.45, 7) is 6.56. The van der Waals surface area contributed by atoms with Gasteiger partial charge in [-0.2, -0.15) is 0 Å². The maximum Gasteiger partial charge on any atom is 0.259 e. The number of rotatable bonds is 8. The minimum atomic E-state index is -0.184. The van der Waals surface area contributed by atoms with Gasteiger partial charge in [0, 0.05) is 55.0 Å². The molecule has 0 atom stereocenters. The number of anilines is 3. The van der Waals surface area contributed by atoms with E-state index in [-0.39, 0.29) is 5.91 Å². The summed E-state index contributed by atoms with van der Waals surface area (Å²) < 4.78 is 0. The minimum Gasteiger partial charge on any atom is -0.356 e. The molecule has 7 heteroatoms. The molecule has 3 aromatic rings. The normalized spacial score (nSPS) is 14.0. The van der Waals surface area contributed by atoms with E-state index in [1.807, 2.05) is 61.5 Å². The maximum absolute atomic E-state index is 13.1. The van der Waals surface area contributed by atoms with Crippen LogP contribution in [0.15, 0.2) is 60.8 Å². The standard InChI is InChI=1S/C27H31N5O2/c1-20-12-16-31(17-13-20)26-25(11-6-21(2)29-26)27(34)30-23-7-9-24(10-8-23)32(19-33)18-14-22-5-3-4-15-28-22/h3-11,15,19-20H,12-14,16-18H2,1-2H3,(H,30,34). The molecule has 0 saturated carbocycles. The van der Waals surface area contributed by atoms with Crippen molar-refractivity contribution in [2.45, 2.75) is 33.1 Å². The van der Waals surface area contributed by atoms with Gasteiger partial charge in [-0.25, -0.2) is 4.98 Å². The summed E-state index contributed by atoms with van der Waals surface area (Å²) in [6.07, 6.45) is 5.44. The molecule has 1 aliphatic heterocycles. The van der Waals surface area contributed by atoms with Gasteiger partial charge in [0.15, 0.2) is 0 Å². The third-order valence-corrected chi connectivity index (χ3v) is 6.26. The Bertz CT molecular complexity index is 1110. The Hall–Kier alpha value is -3.74. The molecule has 1 aromatic carbocycles. The number of pyridine rings is 2. The molecule has 0 unspecified atom stereocenters. The number of nitrogens with one attached hydrogen (secondary N) is 1. The van der Waals surface area contributed by atoms with E-state index in [4.69, 9.17) is 4.98 Å². The quantitative estimate of drug-likeness (QED) is 0.505. The molecule has 34 heavy (non-hydrogen) atoms. The van der Waals surface area contributed by atoms with Gasteiger partial charge in [-0.15, -0.1) is 0 Å². The van der Waals surface area contributed by atoms with Crippen LogP contribution < -0.4 is 15.1 Å². The predicted octanol–water partition coefficient (Wildman–Crippen LogP) is 4.48. The molecule has 2 amide bonds. The van der Waals surface area contributed by atoms with Crippen LogP contribution >= 0.6 is 0 Å². The molecule has 0 aliphatic carbocycles. The van der Waals surface area contributed by atoms with E-state index < -0.39 is 0 Å². The first-order valence-corrected chi connectivity index (χ1v) is 11.8. The number of piperidine rings is 1. The number of nitrogens with zero attached hydrogens (tertiary/aromatic N) is 4. The molecule has 1 fully saturated rings. The molecular formula is C27H31N5O2. The second-order valence-corrected chi connectivity index (χ2v) is 8.86. The lowest BCUT2D eigenvalue weighted by Gasteiger charge is -2.32. The number of carbonyl (C=O) groups is 2. The molecule has 4 rings (SSSR count). The SMILES string of the molecule is Cc1ccc(C(=O)Nc2ccc(N(C=O)CCc3ccccn3)cc2)c(N2CCC(C)CC2)n1. The second-order valence-electron chi connectivity index (χ2n) is 8.86. The largest absolute Gasteiger partial charge is 0.356 e. The van der Waals surface area contributed by atoms with Crippen molar-refractivity contribution in [3.05, 3.63) is 77.7 Å². The molecular weight excluding hydrogens is 426 g/mol. The molecule has 0 spiro atoms. The van der Waals surface area contributed by atoms with Gasteiger partial charge in [0.25, 0.3) is 5.91 Å². The summed E-state index contributed by atoms with van der Waals surface area (Å²) in [5.74, 6) is 1.27. The van der Waals surface area contributed by atoms with Crippen molar-refractivity contribution in [2.24, 2.45) is 5.92 Å². The van der Waals surface area contributed by atoms with E-state index in [9.17, 15) is 9.59 Å². The fourth-order valence-corrected chi connectivity index (χ4v) is 4.14. The van der Waals surface area contributed by atoms with Crippen LogP contribution in [0.1, 0.15) is 41.5 Å². The van der Waals surface area contributed by atoms with Crippen molar-refractivity contribution in [1.29, 1.82) is 0 Å². The topological polar surface area (TPSA) is 78.4 Å². The first-order chi connectivity index (χ1) is 16.5. The first-order valence-electron chi connectivity index (χ1n) is 11.8. The lowest BCUT2D eigenvalue weighted by Crippen LogP contribution is -2.35. The monoisotopic (exact) mass is 457 g/mol. The second kappa shape index (κ2) is 10.9. The van der Waals surface area contributed by atoms with Crippen LogP contribution in [0.2, 0.25) is 0 Å². The summed E-state index contributed by atoms with van der Waals surface area (Å²) in [5.41, 5.74) is 3.85. The van der Waals surface area contributed by atoms with Gasteiger partial charge in [0.1, 0.15) is 5.82 Å². The molecule has 2 aromatic heterocycles. The Morgan fingerprint density at radius 1 is 1.12 bits per heavy atom. The number of aromatic nitrogens is 2. The van der Waals surface area contributed by atoms with E-state index in [2.05, 4.69) is 22.1 Å². The lowest BCUT2D eigenvalue weighted by molar-refractivity contribution is -0.107. The van der Waals surface area contributed by atoms with E-state index in [0.717, 1.165) is 55.2 Å². The van der Waals surface area contributed by atoms with Gasteiger partial charge in [-0.3, -0.25) is 14.6 Å². The number of aryl methyl sites for hydroxylation is 1. The molecule has 1 saturated heterocycles. The highest BCUT2D eigenvalue weighted by Crippen LogP contribution is 2.26.